The molecule has 32 heavy (non-hydrogen) atoms. The van der Waals surface area contributed by atoms with E-state index in [-0.39, 0.29) is 24.8 Å². The smallest absolute Gasteiger partial charge is 0.167 e. The monoisotopic (exact) mass is 438 g/mol. The van der Waals surface area contributed by atoms with Gasteiger partial charge in [-0.05, 0) is 29.8 Å². The number of imidazole rings is 1. The largest absolute Gasteiger partial charge is 0.467 e. The van der Waals surface area contributed by atoms with Gasteiger partial charge >= 0.3 is 0 Å². The van der Waals surface area contributed by atoms with Crippen molar-refractivity contribution < 1.29 is 18.7 Å². The molecule has 0 saturated carbocycles. The third-order valence-electron chi connectivity index (χ3n) is 5.43. The fourth-order valence-electron chi connectivity index (χ4n) is 3.90. The number of halogens is 1. The molecule has 2 atom stereocenters. The highest BCUT2D eigenvalue weighted by Gasteiger charge is 2.30. The Morgan fingerprint density at radius 3 is 2.78 bits per heavy atom. The highest BCUT2D eigenvalue weighted by Crippen LogP contribution is 2.26. The molecule has 3 aromatic heterocycles. The maximum absolute atomic E-state index is 13.2. The second-order valence-corrected chi connectivity index (χ2v) is 7.70. The van der Waals surface area contributed by atoms with E-state index in [0.717, 1.165) is 11.3 Å². The van der Waals surface area contributed by atoms with Gasteiger partial charge in [0.2, 0.25) is 0 Å². The molecule has 10 heteroatoms. The number of nitrogens with zero attached hydrogens (tertiary/aromatic N) is 5. The quantitative estimate of drug-likeness (QED) is 0.454. The molecule has 0 aliphatic carbocycles. The summed E-state index contributed by atoms with van der Waals surface area (Å²) in [7, 11) is 0. The highest BCUT2D eigenvalue weighted by atomic mass is 19.1. The summed E-state index contributed by atoms with van der Waals surface area (Å²) in [4.78, 5) is 15.4. The fourth-order valence-corrected chi connectivity index (χ4v) is 3.90. The first kappa shape index (κ1) is 20.6. The molecule has 0 bridgehead atoms. The van der Waals surface area contributed by atoms with Crippen molar-refractivity contribution >= 4 is 17.0 Å². The molecule has 1 fully saturated rings. The molecule has 4 aromatic rings. The zero-order chi connectivity index (χ0) is 21.9. The number of hydrogen-bond acceptors (Lipinski definition) is 8. The molecule has 0 unspecified atom stereocenters. The number of aromatic nitrogens is 4. The second-order valence-electron chi connectivity index (χ2n) is 7.70. The molecular formula is C22H23FN6O3. The van der Waals surface area contributed by atoms with Gasteiger partial charge in [0.1, 0.15) is 24.1 Å². The Kier molecular flexibility index (Phi) is 5.80. The van der Waals surface area contributed by atoms with Gasteiger partial charge in [0.25, 0.3) is 0 Å². The van der Waals surface area contributed by atoms with E-state index in [1.165, 1.54) is 18.5 Å². The van der Waals surface area contributed by atoms with Crippen LogP contribution in [0.5, 0.6) is 0 Å². The van der Waals surface area contributed by atoms with E-state index >= 15 is 0 Å². The van der Waals surface area contributed by atoms with Gasteiger partial charge in [-0.2, -0.15) is 0 Å². The lowest BCUT2D eigenvalue weighted by Gasteiger charge is -2.37. The molecule has 1 aliphatic heterocycles. The summed E-state index contributed by atoms with van der Waals surface area (Å²) in [5.41, 5.74) is 2.25. The number of nitrogens with one attached hydrogen (secondary N) is 1. The van der Waals surface area contributed by atoms with Gasteiger partial charge < -0.3 is 19.6 Å². The minimum absolute atomic E-state index is 0.103. The summed E-state index contributed by atoms with van der Waals surface area (Å²) in [6, 6.07) is 10.2. The van der Waals surface area contributed by atoms with Crippen LogP contribution in [0.3, 0.4) is 0 Å². The van der Waals surface area contributed by atoms with Crippen LogP contribution in [0.25, 0.3) is 11.2 Å². The summed E-state index contributed by atoms with van der Waals surface area (Å²) in [6.45, 7) is 2.13. The molecule has 9 nitrogen and oxygen atoms in total. The lowest BCUT2D eigenvalue weighted by atomic mass is 10.1. The number of morpholine rings is 1. The van der Waals surface area contributed by atoms with Crippen molar-refractivity contribution in [3.8, 4) is 0 Å². The highest BCUT2D eigenvalue weighted by molar-refractivity contribution is 5.82. The predicted molar refractivity (Wildman–Crippen MR) is 114 cm³/mol. The number of fused-ring (bicyclic) bond motifs is 1. The fraction of sp³-hybridized carbons (Fsp3) is 0.318. The van der Waals surface area contributed by atoms with Gasteiger partial charge in [-0.1, -0.05) is 12.1 Å². The predicted octanol–water partition coefficient (Wildman–Crippen LogP) is 2.56. The van der Waals surface area contributed by atoms with Gasteiger partial charge in [0.15, 0.2) is 17.0 Å². The molecule has 0 radical (unpaired) electrons. The minimum Gasteiger partial charge on any atom is -0.467 e. The number of hydrogen-bond donors (Lipinski definition) is 2. The van der Waals surface area contributed by atoms with Crippen molar-refractivity contribution in [1.82, 2.24) is 24.4 Å². The van der Waals surface area contributed by atoms with Crippen molar-refractivity contribution in [2.75, 3.05) is 25.0 Å². The number of ether oxygens (including phenoxy) is 1. The van der Waals surface area contributed by atoms with E-state index < -0.39 is 0 Å². The first-order valence-corrected chi connectivity index (χ1v) is 10.4. The first-order chi connectivity index (χ1) is 15.7. The number of furan rings is 1. The lowest BCUT2D eigenvalue weighted by molar-refractivity contribution is -0.135. The van der Waals surface area contributed by atoms with Crippen molar-refractivity contribution in [3.05, 3.63) is 72.5 Å². The lowest BCUT2D eigenvalue weighted by Crippen LogP contribution is -2.46. The Morgan fingerprint density at radius 2 is 2.00 bits per heavy atom. The Morgan fingerprint density at radius 1 is 1.12 bits per heavy atom. The van der Waals surface area contributed by atoms with Crippen molar-refractivity contribution in [2.24, 2.45) is 0 Å². The summed E-state index contributed by atoms with van der Waals surface area (Å²) < 4.78 is 26.6. The van der Waals surface area contributed by atoms with Crippen LogP contribution < -0.4 is 5.32 Å². The van der Waals surface area contributed by atoms with Gasteiger partial charge in [-0.15, -0.1) is 0 Å². The third-order valence-corrected chi connectivity index (χ3v) is 5.43. The SMILES string of the molecule is OC[C@@H]1CN(Cc2ccc(F)cc2)C[C@H](n2cnc3c(NCc4ccco4)ncnc32)O1. The maximum Gasteiger partial charge on any atom is 0.167 e. The van der Waals surface area contributed by atoms with Crippen LogP contribution in [0.1, 0.15) is 17.6 Å². The van der Waals surface area contributed by atoms with E-state index in [4.69, 9.17) is 9.15 Å². The van der Waals surface area contributed by atoms with Crippen LogP contribution >= 0.6 is 0 Å². The molecule has 4 heterocycles. The van der Waals surface area contributed by atoms with Gasteiger partial charge in [-0.25, -0.2) is 19.3 Å². The average molecular weight is 438 g/mol. The molecule has 5 rings (SSSR count). The zero-order valence-electron chi connectivity index (χ0n) is 17.3. The number of rotatable bonds is 7. The number of anilines is 1. The molecule has 1 saturated heterocycles. The Hall–Kier alpha value is -3.34. The van der Waals surface area contributed by atoms with Crippen LogP contribution in [-0.2, 0) is 17.8 Å². The van der Waals surface area contributed by atoms with Gasteiger partial charge in [-0.3, -0.25) is 9.47 Å². The maximum atomic E-state index is 13.2. The molecule has 0 amide bonds. The molecule has 1 aromatic carbocycles. The van der Waals surface area contributed by atoms with E-state index in [0.29, 0.717) is 43.2 Å². The average Bonchev–Trinajstić information content (AvgIpc) is 3.49. The molecule has 0 spiro atoms. The zero-order valence-corrected chi connectivity index (χ0v) is 17.3. The summed E-state index contributed by atoms with van der Waals surface area (Å²) >= 11 is 0. The molecule has 1 aliphatic rings. The Labute approximate surface area is 183 Å². The second kappa shape index (κ2) is 9.03. The van der Waals surface area contributed by atoms with Gasteiger partial charge in [0.05, 0.1) is 31.8 Å². The van der Waals surface area contributed by atoms with E-state index in [1.807, 2.05) is 16.7 Å². The third kappa shape index (κ3) is 4.33. The van der Waals surface area contributed by atoms with E-state index in [1.54, 1.807) is 24.7 Å². The molecule has 2 N–H and O–H groups in total. The Bertz CT molecular complexity index is 1160. The standard InChI is InChI=1S/C22H23FN6O3/c23-16-5-3-15(4-6-16)9-28-10-18(12-30)32-19(11-28)29-14-27-20-21(25-13-26-22(20)29)24-8-17-2-1-7-31-17/h1-7,13-14,18-19,30H,8-12H2,(H,24,25,26)/t18-,19+/m0/s1. The topological polar surface area (TPSA) is 101 Å². The van der Waals surface area contributed by atoms with E-state index in [9.17, 15) is 9.50 Å². The van der Waals surface area contributed by atoms with Crippen LogP contribution in [0, 0.1) is 5.82 Å². The summed E-state index contributed by atoms with van der Waals surface area (Å²) in [5.74, 6) is 1.12. The molecular weight excluding hydrogens is 415 g/mol. The van der Waals surface area contributed by atoms with Crippen LogP contribution in [-0.4, -0.2) is 55.3 Å². The normalized spacial score (nSPS) is 19.4. The van der Waals surface area contributed by atoms with Crippen LogP contribution in [0.4, 0.5) is 10.2 Å². The number of aliphatic hydroxyl groups is 1. The van der Waals surface area contributed by atoms with Gasteiger partial charge in [0, 0.05) is 19.6 Å². The van der Waals surface area contributed by atoms with Crippen LogP contribution in [0.15, 0.2) is 59.7 Å². The van der Waals surface area contributed by atoms with E-state index in [2.05, 4.69) is 25.2 Å². The van der Waals surface area contributed by atoms with Crippen molar-refractivity contribution in [2.45, 2.75) is 25.4 Å². The summed E-state index contributed by atoms with van der Waals surface area (Å²) in [6.07, 6.45) is 4.03. The van der Waals surface area contributed by atoms with Crippen molar-refractivity contribution in [3.63, 3.8) is 0 Å². The minimum atomic E-state index is -0.390. The molecule has 166 valence electrons. The van der Waals surface area contributed by atoms with Crippen LogP contribution in [0.2, 0.25) is 0 Å². The first-order valence-electron chi connectivity index (χ1n) is 10.4. The summed E-state index contributed by atoms with van der Waals surface area (Å²) in [5, 5.41) is 13.0. The number of aliphatic hydroxyl groups excluding tert-OH is 1. The Balaban J connectivity index is 1.37. The number of benzene rings is 1. The van der Waals surface area contributed by atoms with Crippen molar-refractivity contribution in [1.29, 1.82) is 0 Å².